The van der Waals surface area contributed by atoms with Gasteiger partial charge in [0, 0.05) is 5.54 Å². The maximum Gasteiger partial charge on any atom is 0.354 e. The number of halogens is 1. The summed E-state index contributed by atoms with van der Waals surface area (Å²) in [5, 5.41) is 12.9. The molecular weight excluding hydrogens is 401 g/mol. The fourth-order valence-electron chi connectivity index (χ4n) is 2.92. The van der Waals surface area contributed by atoms with Gasteiger partial charge in [-0.15, -0.1) is 0 Å². The van der Waals surface area contributed by atoms with E-state index in [4.69, 9.17) is 4.42 Å². The molecule has 1 heterocycles. The first-order valence-electron chi connectivity index (χ1n) is 8.81. The van der Waals surface area contributed by atoms with Crippen LogP contribution in [0.2, 0.25) is 0 Å². The Balaban J connectivity index is 2.88. The standard InChI is InChI=1S/C20H22FNO8/c1-19(2,3)22-17(26)20(21,18(27)29-5)13(16(25)28-4)12-14(23)10-8-6-7-9-11(10)30-15(12)24/h6-9,13,23H,1-5H3,(H,22,26)/t13-,20?/m1/s1. The van der Waals surface area contributed by atoms with Gasteiger partial charge in [-0.1, -0.05) is 12.1 Å². The van der Waals surface area contributed by atoms with E-state index in [1.54, 1.807) is 0 Å². The molecule has 2 aromatic rings. The fourth-order valence-corrected chi connectivity index (χ4v) is 2.92. The summed E-state index contributed by atoms with van der Waals surface area (Å²) in [7, 11) is 1.67. The third kappa shape index (κ3) is 3.98. The number of amides is 1. The SMILES string of the molecule is COC(=O)[C@@H](c1c(O)c2ccccc2oc1=O)C(F)(C(=O)NC(C)(C)C)C(=O)OC. The Bertz CT molecular complexity index is 1050. The van der Waals surface area contributed by atoms with Gasteiger partial charge >= 0.3 is 23.2 Å². The van der Waals surface area contributed by atoms with Gasteiger partial charge in [0.1, 0.15) is 17.3 Å². The van der Waals surface area contributed by atoms with E-state index in [2.05, 4.69) is 14.8 Å². The Morgan fingerprint density at radius 3 is 2.27 bits per heavy atom. The van der Waals surface area contributed by atoms with Crippen molar-refractivity contribution in [3.05, 3.63) is 40.2 Å². The molecule has 0 aliphatic rings. The van der Waals surface area contributed by atoms with Gasteiger partial charge in [-0.2, -0.15) is 0 Å². The number of para-hydroxylation sites is 1. The highest BCUT2D eigenvalue weighted by Gasteiger charge is 2.61. The maximum absolute atomic E-state index is 16.2. The first-order chi connectivity index (χ1) is 13.9. The molecule has 2 N–H and O–H groups in total. The average molecular weight is 423 g/mol. The van der Waals surface area contributed by atoms with Crippen molar-refractivity contribution in [2.75, 3.05) is 14.2 Å². The molecule has 30 heavy (non-hydrogen) atoms. The van der Waals surface area contributed by atoms with E-state index in [9.17, 15) is 24.3 Å². The molecule has 0 saturated carbocycles. The molecule has 0 radical (unpaired) electrons. The number of methoxy groups -OCH3 is 2. The minimum absolute atomic E-state index is 0.0375. The smallest absolute Gasteiger partial charge is 0.354 e. The molecule has 162 valence electrons. The van der Waals surface area contributed by atoms with E-state index >= 15 is 4.39 Å². The summed E-state index contributed by atoms with van der Waals surface area (Å²) < 4.78 is 30.2. The molecule has 1 aromatic heterocycles. The zero-order valence-electron chi connectivity index (χ0n) is 17.1. The Morgan fingerprint density at radius 1 is 1.13 bits per heavy atom. The fraction of sp³-hybridized carbons (Fsp3) is 0.400. The van der Waals surface area contributed by atoms with Crippen LogP contribution in [-0.4, -0.2) is 48.4 Å². The van der Waals surface area contributed by atoms with Crippen molar-refractivity contribution in [2.45, 2.75) is 37.9 Å². The van der Waals surface area contributed by atoms with Crippen molar-refractivity contribution >= 4 is 28.8 Å². The molecule has 0 bridgehead atoms. The molecule has 2 rings (SSSR count). The van der Waals surface area contributed by atoms with Gasteiger partial charge in [0.15, 0.2) is 0 Å². The number of ether oxygens (including phenoxy) is 2. The highest BCUT2D eigenvalue weighted by atomic mass is 19.1. The molecule has 1 unspecified atom stereocenters. The van der Waals surface area contributed by atoms with Crippen LogP contribution in [0.25, 0.3) is 11.0 Å². The summed E-state index contributed by atoms with van der Waals surface area (Å²) in [5.74, 6) is -8.11. The van der Waals surface area contributed by atoms with Gasteiger partial charge in [0.05, 0.1) is 25.2 Å². The van der Waals surface area contributed by atoms with Gasteiger partial charge in [0.25, 0.3) is 5.91 Å². The predicted molar refractivity (Wildman–Crippen MR) is 103 cm³/mol. The van der Waals surface area contributed by atoms with Crippen LogP contribution >= 0.6 is 0 Å². The number of benzene rings is 1. The summed E-state index contributed by atoms with van der Waals surface area (Å²) in [6.07, 6.45) is 0. The number of fused-ring (bicyclic) bond motifs is 1. The molecule has 1 amide bonds. The third-order valence-corrected chi connectivity index (χ3v) is 4.24. The molecular formula is C20H22FNO8. The first kappa shape index (κ1) is 22.9. The van der Waals surface area contributed by atoms with Gasteiger partial charge in [-0.05, 0) is 32.9 Å². The number of alkyl halides is 1. The molecule has 1 aromatic carbocycles. The molecule has 9 nitrogen and oxygen atoms in total. The zero-order valence-corrected chi connectivity index (χ0v) is 17.1. The molecule has 0 saturated heterocycles. The number of hydrogen-bond donors (Lipinski definition) is 2. The second-order valence-corrected chi connectivity index (χ2v) is 7.51. The number of hydrogen-bond acceptors (Lipinski definition) is 8. The second kappa shape index (κ2) is 8.13. The number of aromatic hydroxyl groups is 1. The van der Waals surface area contributed by atoms with Gasteiger partial charge in [-0.3, -0.25) is 9.59 Å². The lowest BCUT2D eigenvalue weighted by molar-refractivity contribution is -0.170. The maximum atomic E-state index is 16.2. The van der Waals surface area contributed by atoms with E-state index in [0.717, 1.165) is 14.2 Å². The molecule has 0 aliphatic carbocycles. The van der Waals surface area contributed by atoms with Crippen LogP contribution in [-0.2, 0) is 23.9 Å². The number of nitrogens with one attached hydrogen (secondary N) is 1. The lowest BCUT2D eigenvalue weighted by Crippen LogP contribution is -2.60. The monoisotopic (exact) mass is 423 g/mol. The van der Waals surface area contributed by atoms with Crippen LogP contribution in [0.5, 0.6) is 5.75 Å². The first-order valence-corrected chi connectivity index (χ1v) is 8.81. The van der Waals surface area contributed by atoms with Gasteiger partial charge < -0.3 is 24.3 Å². The van der Waals surface area contributed by atoms with E-state index in [1.165, 1.54) is 45.0 Å². The Morgan fingerprint density at radius 2 is 1.73 bits per heavy atom. The van der Waals surface area contributed by atoms with Crippen molar-refractivity contribution in [3.63, 3.8) is 0 Å². The van der Waals surface area contributed by atoms with Crippen LogP contribution in [0, 0.1) is 0 Å². The second-order valence-electron chi connectivity index (χ2n) is 7.51. The van der Waals surface area contributed by atoms with Crippen LogP contribution < -0.4 is 10.9 Å². The summed E-state index contributed by atoms with van der Waals surface area (Å²) in [4.78, 5) is 50.3. The van der Waals surface area contributed by atoms with Crippen molar-refractivity contribution in [1.82, 2.24) is 5.32 Å². The Kier molecular flexibility index (Phi) is 6.19. The molecule has 0 fully saturated rings. The van der Waals surface area contributed by atoms with Crippen molar-refractivity contribution in [2.24, 2.45) is 0 Å². The van der Waals surface area contributed by atoms with Crippen LogP contribution in [0.3, 0.4) is 0 Å². The topological polar surface area (TPSA) is 132 Å². The predicted octanol–water partition coefficient (Wildman–Crippen LogP) is 1.55. The summed E-state index contributed by atoms with van der Waals surface area (Å²) >= 11 is 0. The normalized spacial score (nSPS) is 14.5. The van der Waals surface area contributed by atoms with Crippen LogP contribution in [0.1, 0.15) is 32.3 Å². The van der Waals surface area contributed by atoms with Crippen molar-refractivity contribution < 1.29 is 37.8 Å². The van der Waals surface area contributed by atoms with Crippen molar-refractivity contribution in [1.29, 1.82) is 0 Å². The number of esters is 2. The van der Waals surface area contributed by atoms with Crippen molar-refractivity contribution in [3.8, 4) is 5.75 Å². The summed E-state index contributed by atoms with van der Waals surface area (Å²) in [6.45, 7) is 4.53. The molecule has 0 spiro atoms. The van der Waals surface area contributed by atoms with E-state index in [1.807, 2.05) is 0 Å². The van der Waals surface area contributed by atoms with E-state index in [-0.39, 0.29) is 11.0 Å². The lowest BCUT2D eigenvalue weighted by Gasteiger charge is -2.31. The minimum atomic E-state index is -3.75. The highest BCUT2D eigenvalue weighted by molar-refractivity contribution is 6.11. The third-order valence-electron chi connectivity index (χ3n) is 4.24. The number of rotatable bonds is 5. The minimum Gasteiger partial charge on any atom is -0.507 e. The lowest BCUT2D eigenvalue weighted by atomic mass is 9.81. The quantitative estimate of drug-likeness (QED) is 0.421. The number of carbonyl (C=O) groups is 3. The number of carbonyl (C=O) groups excluding carboxylic acids is 3. The Hall–Kier alpha value is -3.43. The molecule has 2 atom stereocenters. The zero-order chi connectivity index (χ0) is 22.9. The summed E-state index contributed by atoms with van der Waals surface area (Å²) in [5.41, 5.74) is -7.08. The van der Waals surface area contributed by atoms with Gasteiger partial charge in [-0.25, -0.2) is 14.0 Å². The average Bonchev–Trinajstić information content (AvgIpc) is 2.68. The van der Waals surface area contributed by atoms with E-state index < -0.39 is 51.9 Å². The van der Waals surface area contributed by atoms with E-state index in [0.29, 0.717) is 0 Å². The van der Waals surface area contributed by atoms with Crippen LogP contribution in [0.15, 0.2) is 33.5 Å². The molecule has 0 aliphatic heterocycles. The summed E-state index contributed by atoms with van der Waals surface area (Å²) in [6, 6.07) is 5.72. The Labute approximate surface area is 170 Å². The molecule has 10 heteroatoms. The largest absolute Gasteiger partial charge is 0.507 e. The van der Waals surface area contributed by atoms with Gasteiger partial charge in [0.2, 0.25) is 0 Å². The highest BCUT2D eigenvalue weighted by Crippen LogP contribution is 2.40. The van der Waals surface area contributed by atoms with Crippen LogP contribution in [0.4, 0.5) is 4.39 Å².